The molecule has 2 N–H and O–H groups in total. The summed E-state index contributed by atoms with van der Waals surface area (Å²) in [5.41, 5.74) is 2.87. The van der Waals surface area contributed by atoms with Gasteiger partial charge in [-0.2, -0.15) is 0 Å². The van der Waals surface area contributed by atoms with E-state index in [0.29, 0.717) is 12.0 Å². The Balaban J connectivity index is 1.69. The van der Waals surface area contributed by atoms with Gasteiger partial charge in [0, 0.05) is 6.04 Å². The third-order valence-corrected chi connectivity index (χ3v) is 5.24. The van der Waals surface area contributed by atoms with E-state index in [-0.39, 0.29) is 6.54 Å². The summed E-state index contributed by atoms with van der Waals surface area (Å²) in [6.07, 6.45) is 12.6. The Bertz CT molecular complexity index is 483. The van der Waals surface area contributed by atoms with Crippen LogP contribution in [0.2, 0.25) is 0 Å². The predicted molar refractivity (Wildman–Crippen MR) is 99.5 cm³/mol. The molecule has 3 heteroatoms. The van der Waals surface area contributed by atoms with Crippen LogP contribution in [0.25, 0.3) is 0 Å². The van der Waals surface area contributed by atoms with Crippen molar-refractivity contribution >= 4 is 5.97 Å². The van der Waals surface area contributed by atoms with Gasteiger partial charge in [-0.3, -0.25) is 4.79 Å². The van der Waals surface area contributed by atoms with Crippen LogP contribution in [0, 0.1) is 0 Å². The van der Waals surface area contributed by atoms with Crippen LogP contribution < -0.4 is 5.32 Å². The lowest BCUT2D eigenvalue weighted by Gasteiger charge is -2.13. The smallest absolute Gasteiger partial charge is 0.317 e. The van der Waals surface area contributed by atoms with E-state index >= 15 is 0 Å². The molecule has 1 aromatic rings. The van der Waals surface area contributed by atoms with Gasteiger partial charge in [0.05, 0.1) is 6.54 Å². The van der Waals surface area contributed by atoms with Crippen LogP contribution in [0.15, 0.2) is 24.3 Å². The minimum atomic E-state index is -0.766. The second-order valence-electron chi connectivity index (χ2n) is 7.24. The molecule has 1 saturated carbocycles. The van der Waals surface area contributed by atoms with Crippen molar-refractivity contribution in [2.24, 2.45) is 0 Å². The van der Waals surface area contributed by atoms with E-state index in [0.717, 1.165) is 19.3 Å². The number of rotatable bonds is 11. The largest absolute Gasteiger partial charge is 0.480 e. The molecule has 2 unspecified atom stereocenters. The lowest BCUT2D eigenvalue weighted by atomic mass is 9.95. The van der Waals surface area contributed by atoms with E-state index in [1.807, 2.05) is 0 Å². The monoisotopic (exact) mass is 331 g/mol. The highest BCUT2D eigenvalue weighted by Gasteiger charge is 2.25. The molecule has 1 aromatic carbocycles. The van der Waals surface area contributed by atoms with Crippen LogP contribution in [-0.2, 0) is 11.2 Å². The number of carbonyl (C=O) groups is 1. The summed E-state index contributed by atoms with van der Waals surface area (Å²) in [6.45, 7) is 2.34. The molecule has 0 saturated heterocycles. The molecule has 24 heavy (non-hydrogen) atoms. The molecule has 0 bridgehead atoms. The van der Waals surface area contributed by atoms with Crippen LogP contribution in [0.3, 0.4) is 0 Å². The normalized spacial score (nSPS) is 20.4. The summed E-state index contributed by atoms with van der Waals surface area (Å²) in [5, 5.41) is 11.9. The van der Waals surface area contributed by atoms with Crippen molar-refractivity contribution in [1.82, 2.24) is 5.32 Å². The van der Waals surface area contributed by atoms with Crippen LogP contribution in [0.5, 0.6) is 0 Å². The molecular formula is C21H33NO2. The fraction of sp³-hybridized carbons (Fsp3) is 0.667. The summed E-state index contributed by atoms with van der Waals surface area (Å²) < 4.78 is 0. The highest BCUT2D eigenvalue weighted by molar-refractivity contribution is 5.69. The first-order chi connectivity index (χ1) is 11.7. The maximum Gasteiger partial charge on any atom is 0.317 e. The minimum absolute atomic E-state index is 0.0780. The Labute approximate surface area is 146 Å². The van der Waals surface area contributed by atoms with Gasteiger partial charge in [0.25, 0.3) is 0 Å². The molecule has 134 valence electrons. The van der Waals surface area contributed by atoms with E-state index in [2.05, 4.69) is 36.5 Å². The van der Waals surface area contributed by atoms with E-state index in [1.54, 1.807) is 0 Å². The first kappa shape index (κ1) is 19.0. The number of aliphatic carboxylic acids is 1. The van der Waals surface area contributed by atoms with Crippen molar-refractivity contribution in [3.8, 4) is 0 Å². The Kier molecular flexibility index (Phi) is 8.31. The van der Waals surface area contributed by atoms with Gasteiger partial charge in [0.15, 0.2) is 0 Å². The summed E-state index contributed by atoms with van der Waals surface area (Å²) in [4.78, 5) is 10.6. The molecule has 1 aliphatic rings. The predicted octanol–water partition coefficient (Wildman–Crippen LogP) is 4.90. The third kappa shape index (κ3) is 6.64. The quantitative estimate of drug-likeness (QED) is 0.567. The minimum Gasteiger partial charge on any atom is -0.480 e. The van der Waals surface area contributed by atoms with E-state index in [1.165, 1.54) is 56.1 Å². The van der Waals surface area contributed by atoms with E-state index in [4.69, 9.17) is 5.11 Å². The van der Waals surface area contributed by atoms with Gasteiger partial charge in [-0.05, 0) is 49.1 Å². The zero-order chi connectivity index (χ0) is 17.2. The number of carboxylic acids is 1. The molecule has 1 aliphatic carbocycles. The third-order valence-electron chi connectivity index (χ3n) is 5.24. The zero-order valence-electron chi connectivity index (χ0n) is 15.1. The van der Waals surface area contributed by atoms with Gasteiger partial charge in [0.1, 0.15) is 0 Å². The lowest BCUT2D eigenvalue weighted by Crippen LogP contribution is -2.31. The molecule has 2 rings (SSSR count). The van der Waals surface area contributed by atoms with E-state index < -0.39 is 5.97 Å². The van der Waals surface area contributed by atoms with Crippen molar-refractivity contribution in [2.45, 2.75) is 83.1 Å². The molecule has 1 fully saturated rings. The van der Waals surface area contributed by atoms with Gasteiger partial charge in [-0.1, -0.05) is 63.3 Å². The first-order valence-electron chi connectivity index (χ1n) is 9.73. The van der Waals surface area contributed by atoms with Crippen molar-refractivity contribution in [2.75, 3.05) is 6.54 Å². The standard InChI is InChI=1S/C21H33NO2/c1-2-3-4-5-6-7-8-17-9-11-18(12-10-17)19-13-14-20(15-19)22-16-21(23)24/h9-12,19-20,22H,2-8,13-16H2,1H3,(H,23,24). The molecule has 0 heterocycles. The second-order valence-corrected chi connectivity index (χ2v) is 7.24. The molecule has 3 nitrogen and oxygen atoms in total. The summed E-state index contributed by atoms with van der Waals surface area (Å²) in [6, 6.07) is 9.51. The van der Waals surface area contributed by atoms with Gasteiger partial charge in [-0.15, -0.1) is 0 Å². The van der Waals surface area contributed by atoms with Gasteiger partial charge < -0.3 is 10.4 Å². The number of hydrogen-bond acceptors (Lipinski definition) is 2. The maximum absolute atomic E-state index is 10.6. The number of aryl methyl sites for hydroxylation is 1. The molecule has 2 atom stereocenters. The van der Waals surface area contributed by atoms with Crippen LogP contribution in [0.4, 0.5) is 0 Å². The zero-order valence-corrected chi connectivity index (χ0v) is 15.1. The van der Waals surface area contributed by atoms with Crippen molar-refractivity contribution in [1.29, 1.82) is 0 Å². The van der Waals surface area contributed by atoms with Crippen LogP contribution >= 0.6 is 0 Å². The number of carboxylic acid groups (broad SMARTS) is 1. The average Bonchev–Trinajstić information content (AvgIpc) is 3.06. The fourth-order valence-corrected chi connectivity index (χ4v) is 3.77. The highest BCUT2D eigenvalue weighted by Crippen LogP contribution is 2.34. The Morgan fingerprint density at radius 3 is 2.50 bits per heavy atom. The van der Waals surface area contributed by atoms with Gasteiger partial charge in [0.2, 0.25) is 0 Å². The number of nitrogens with one attached hydrogen (secondary N) is 1. The van der Waals surface area contributed by atoms with Crippen LogP contribution in [-0.4, -0.2) is 23.7 Å². The SMILES string of the molecule is CCCCCCCCc1ccc(C2CCC(NCC(=O)O)C2)cc1. The first-order valence-corrected chi connectivity index (χ1v) is 9.73. The Morgan fingerprint density at radius 1 is 1.08 bits per heavy atom. The fourth-order valence-electron chi connectivity index (χ4n) is 3.77. The van der Waals surface area contributed by atoms with Gasteiger partial charge >= 0.3 is 5.97 Å². The maximum atomic E-state index is 10.6. The van der Waals surface area contributed by atoms with Gasteiger partial charge in [-0.25, -0.2) is 0 Å². The Morgan fingerprint density at radius 2 is 1.79 bits per heavy atom. The number of benzene rings is 1. The highest BCUT2D eigenvalue weighted by atomic mass is 16.4. The van der Waals surface area contributed by atoms with Crippen molar-refractivity contribution in [3.05, 3.63) is 35.4 Å². The molecule has 0 aromatic heterocycles. The topological polar surface area (TPSA) is 49.3 Å². The summed E-state index contributed by atoms with van der Waals surface area (Å²) in [7, 11) is 0. The average molecular weight is 332 g/mol. The number of unbranched alkanes of at least 4 members (excludes halogenated alkanes) is 5. The van der Waals surface area contributed by atoms with Crippen LogP contribution in [0.1, 0.15) is 81.8 Å². The Hall–Kier alpha value is -1.35. The number of hydrogen-bond donors (Lipinski definition) is 2. The lowest BCUT2D eigenvalue weighted by molar-refractivity contribution is -0.136. The summed E-state index contributed by atoms with van der Waals surface area (Å²) in [5.74, 6) is -0.183. The molecule has 0 amide bonds. The molecular weight excluding hydrogens is 298 g/mol. The molecule has 0 spiro atoms. The molecule has 0 aliphatic heterocycles. The molecule has 0 radical (unpaired) electrons. The van der Waals surface area contributed by atoms with E-state index in [9.17, 15) is 4.79 Å². The van der Waals surface area contributed by atoms with Crippen molar-refractivity contribution < 1.29 is 9.90 Å². The van der Waals surface area contributed by atoms with Crippen molar-refractivity contribution in [3.63, 3.8) is 0 Å². The second kappa shape index (κ2) is 10.5. The summed E-state index contributed by atoms with van der Waals surface area (Å²) >= 11 is 0.